The maximum absolute atomic E-state index is 9.50. The molecule has 0 aliphatic carbocycles. The van der Waals surface area contributed by atoms with E-state index in [1.165, 1.54) is 16.0 Å². The number of aliphatic hydroxyl groups is 1. The van der Waals surface area contributed by atoms with Crippen LogP contribution in [0.15, 0.2) is 30.5 Å². The largest absolute Gasteiger partial charge is 0.390 e. The smallest absolute Gasteiger partial charge is 0.194 e. The van der Waals surface area contributed by atoms with Crippen LogP contribution in [-0.4, -0.2) is 14.5 Å². The summed E-state index contributed by atoms with van der Waals surface area (Å²) in [6, 6.07) is 8.70. The minimum atomic E-state index is 0.00438. The lowest BCUT2D eigenvalue weighted by molar-refractivity contribution is 0.276. The second-order valence-corrected chi connectivity index (χ2v) is 7.54. The molecule has 0 radical (unpaired) electrons. The van der Waals surface area contributed by atoms with E-state index in [1.807, 2.05) is 0 Å². The Kier molecular flexibility index (Phi) is 3.38. The maximum atomic E-state index is 9.50. The van der Waals surface area contributed by atoms with Gasteiger partial charge in [-0.2, -0.15) is 0 Å². The summed E-state index contributed by atoms with van der Waals surface area (Å²) in [6.07, 6.45) is 1.75. The zero-order valence-corrected chi connectivity index (χ0v) is 13.7. The monoisotopic (exact) mass is 300 g/mol. The van der Waals surface area contributed by atoms with Gasteiger partial charge in [0.05, 0.1) is 24.2 Å². The van der Waals surface area contributed by atoms with Gasteiger partial charge in [0, 0.05) is 4.88 Å². The van der Waals surface area contributed by atoms with Gasteiger partial charge >= 0.3 is 0 Å². The molecule has 1 N–H and O–H groups in total. The third kappa shape index (κ3) is 2.39. The molecule has 0 saturated carbocycles. The molecule has 3 aromatic rings. The molecule has 21 heavy (non-hydrogen) atoms. The van der Waals surface area contributed by atoms with Crippen molar-refractivity contribution in [3.05, 3.63) is 46.6 Å². The molecule has 0 amide bonds. The first-order chi connectivity index (χ1) is 9.91. The van der Waals surface area contributed by atoms with Crippen molar-refractivity contribution in [1.82, 2.24) is 9.38 Å². The van der Waals surface area contributed by atoms with Crippen LogP contribution in [0.25, 0.3) is 16.2 Å². The van der Waals surface area contributed by atoms with Crippen molar-refractivity contribution >= 4 is 16.3 Å². The van der Waals surface area contributed by atoms with Crippen LogP contribution in [0.3, 0.4) is 0 Å². The van der Waals surface area contributed by atoms with Gasteiger partial charge in [0.1, 0.15) is 0 Å². The number of fused-ring (bicyclic) bond motifs is 1. The summed E-state index contributed by atoms with van der Waals surface area (Å²) in [6.45, 7) is 8.76. The van der Waals surface area contributed by atoms with Crippen molar-refractivity contribution < 1.29 is 5.11 Å². The van der Waals surface area contributed by atoms with Gasteiger partial charge in [-0.25, -0.2) is 4.98 Å². The SMILES string of the molecule is Cc1sc2ncc(CO)n2c1-c1ccc(C(C)(C)C)cc1. The Morgan fingerprint density at radius 3 is 2.43 bits per heavy atom. The normalized spacial score (nSPS) is 12.2. The van der Waals surface area contributed by atoms with Crippen molar-refractivity contribution in [2.24, 2.45) is 0 Å². The van der Waals surface area contributed by atoms with Crippen LogP contribution in [0, 0.1) is 6.92 Å². The standard InChI is InChI=1S/C17H20N2OS/c1-11-15(19-14(10-20)9-18-16(19)21-11)12-5-7-13(8-6-12)17(2,3)4/h5-9,20H,10H2,1-4H3. The van der Waals surface area contributed by atoms with E-state index in [-0.39, 0.29) is 12.0 Å². The molecule has 2 aromatic heterocycles. The number of imidazole rings is 1. The topological polar surface area (TPSA) is 37.5 Å². The average Bonchev–Trinajstić information content (AvgIpc) is 2.95. The van der Waals surface area contributed by atoms with Crippen molar-refractivity contribution in [3.8, 4) is 11.3 Å². The number of nitrogens with zero attached hydrogens (tertiary/aromatic N) is 2. The molecule has 3 rings (SSSR count). The van der Waals surface area contributed by atoms with Crippen molar-refractivity contribution in [3.63, 3.8) is 0 Å². The number of rotatable bonds is 2. The van der Waals surface area contributed by atoms with Gasteiger partial charge < -0.3 is 5.11 Å². The van der Waals surface area contributed by atoms with E-state index < -0.39 is 0 Å². The summed E-state index contributed by atoms with van der Waals surface area (Å²) in [5.41, 5.74) is 4.62. The summed E-state index contributed by atoms with van der Waals surface area (Å²) in [7, 11) is 0. The lowest BCUT2D eigenvalue weighted by Gasteiger charge is -2.19. The number of thiazole rings is 1. The predicted octanol–water partition coefficient (Wildman–Crippen LogP) is 4.16. The van der Waals surface area contributed by atoms with Crippen LogP contribution < -0.4 is 0 Å². The quantitative estimate of drug-likeness (QED) is 0.771. The Morgan fingerprint density at radius 1 is 1.19 bits per heavy atom. The number of benzene rings is 1. The lowest BCUT2D eigenvalue weighted by Crippen LogP contribution is -2.10. The highest BCUT2D eigenvalue weighted by molar-refractivity contribution is 7.17. The summed E-state index contributed by atoms with van der Waals surface area (Å²) >= 11 is 1.66. The molecule has 0 spiro atoms. The third-order valence-corrected chi connectivity index (χ3v) is 4.76. The molecule has 1 aromatic carbocycles. The average molecular weight is 300 g/mol. The van der Waals surface area contributed by atoms with E-state index in [4.69, 9.17) is 0 Å². The molecule has 0 fully saturated rings. The molecule has 110 valence electrons. The fourth-order valence-electron chi connectivity index (χ4n) is 2.59. The van der Waals surface area contributed by atoms with Crippen LogP contribution in [0.1, 0.15) is 36.9 Å². The molecular formula is C17H20N2OS. The molecular weight excluding hydrogens is 280 g/mol. The predicted molar refractivity (Wildman–Crippen MR) is 87.9 cm³/mol. The number of hydrogen-bond donors (Lipinski definition) is 1. The van der Waals surface area contributed by atoms with Gasteiger partial charge in [-0.05, 0) is 23.5 Å². The van der Waals surface area contributed by atoms with Crippen LogP contribution in [-0.2, 0) is 12.0 Å². The number of aliphatic hydroxyl groups excluding tert-OH is 1. The van der Waals surface area contributed by atoms with E-state index in [1.54, 1.807) is 17.5 Å². The Balaban J connectivity index is 2.16. The zero-order valence-electron chi connectivity index (χ0n) is 12.8. The number of aryl methyl sites for hydroxylation is 1. The van der Waals surface area contributed by atoms with E-state index in [0.29, 0.717) is 0 Å². The Hall–Kier alpha value is -1.65. The lowest BCUT2D eigenvalue weighted by atomic mass is 9.86. The summed E-state index contributed by atoms with van der Waals surface area (Å²) in [5.74, 6) is 0. The maximum Gasteiger partial charge on any atom is 0.194 e. The van der Waals surface area contributed by atoms with Crippen molar-refractivity contribution in [2.75, 3.05) is 0 Å². The Bertz CT molecular complexity index is 776. The molecule has 0 aliphatic heterocycles. The van der Waals surface area contributed by atoms with Crippen molar-refractivity contribution in [2.45, 2.75) is 39.7 Å². The highest BCUT2D eigenvalue weighted by Crippen LogP contribution is 2.33. The molecule has 0 saturated heterocycles. The minimum Gasteiger partial charge on any atom is -0.390 e. The number of aromatic nitrogens is 2. The van der Waals surface area contributed by atoms with Crippen LogP contribution >= 0.6 is 11.3 Å². The molecule has 0 aliphatic rings. The van der Waals surface area contributed by atoms with Crippen LogP contribution in [0.2, 0.25) is 0 Å². The van der Waals surface area contributed by atoms with Crippen LogP contribution in [0.5, 0.6) is 0 Å². The second-order valence-electron chi connectivity index (χ2n) is 6.36. The van der Waals surface area contributed by atoms with Crippen molar-refractivity contribution in [1.29, 1.82) is 0 Å². The van der Waals surface area contributed by atoms with E-state index in [2.05, 4.69) is 61.3 Å². The first kappa shape index (κ1) is 14.3. The second kappa shape index (κ2) is 4.97. The first-order valence-electron chi connectivity index (χ1n) is 7.09. The molecule has 0 bridgehead atoms. The molecule has 4 heteroatoms. The van der Waals surface area contributed by atoms with E-state index >= 15 is 0 Å². The van der Waals surface area contributed by atoms with Gasteiger partial charge in [0.2, 0.25) is 0 Å². The van der Waals surface area contributed by atoms with Gasteiger partial charge in [0.25, 0.3) is 0 Å². The summed E-state index contributed by atoms with van der Waals surface area (Å²) in [4.78, 5) is 6.53. The van der Waals surface area contributed by atoms with Gasteiger partial charge in [-0.1, -0.05) is 45.0 Å². The molecule has 2 heterocycles. The molecule has 0 atom stereocenters. The fraction of sp³-hybridized carbons (Fsp3) is 0.353. The first-order valence-corrected chi connectivity index (χ1v) is 7.91. The number of hydrogen-bond acceptors (Lipinski definition) is 3. The van der Waals surface area contributed by atoms with Gasteiger partial charge in [-0.3, -0.25) is 4.40 Å². The highest BCUT2D eigenvalue weighted by atomic mass is 32.1. The van der Waals surface area contributed by atoms with E-state index in [0.717, 1.165) is 16.3 Å². The molecule has 0 unspecified atom stereocenters. The summed E-state index contributed by atoms with van der Waals surface area (Å²) in [5, 5.41) is 9.50. The Labute approximate surface area is 128 Å². The third-order valence-electron chi connectivity index (χ3n) is 3.79. The van der Waals surface area contributed by atoms with Gasteiger partial charge in [-0.15, -0.1) is 11.3 Å². The summed E-state index contributed by atoms with van der Waals surface area (Å²) < 4.78 is 2.06. The zero-order chi connectivity index (χ0) is 15.2. The molecule has 3 nitrogen and oxygen atoms in total. The van der Waals surface area contributed by atoms with E-state index in [9.17, 15) is 5.11 Å². The Morgan fingerprint density at radius 2 is 1.86 bits per heavy atom. The van der Waals surface area contributed by atoms with Gasteiger partial charge in [0.15, 0.2) is 4.96 Å². The highest BCUT2D eigenvalue weighted by Gasteiger charge is 2.17. The van der Waals surface area contributed by atoms with Crippen LogP contribution in [0.4, 0.5) is 0 Å². The minimum absolute atomic E-state index is 0.00438. The fourth-order valence-corrected chi connectivity index (χ4v) is 3.58.